The highest BCUT2D eigenvalue weighted by Gasteiger charge is 2.76. The molecule has 0 aromatic heterocycles. The van der Waals surface area contributed by atoms with Crippen LogP contribution in [0.3, 0.4) is 0 Å². The number of carbonyl (C=O) groups excluding carboxylic acids is 1. The van der Waals surface area contributed by atoms with Crippen molar-refractivity contribution in [1.29, 1.82) is 0 Å². The van der Waals surface area contributed by atoms with Crippen molar-refractivity contribution in [2.75, 3.05) is 7.11 Å². The number of rotatable bonds is 4. The maximum atomic E-state index is 12.1. The predicted octanol–water partition coefficient (Wildman–Crippen LogP) is 1.47. The van der Waals surface area contributed by atoms with Crippen LogP contribution < -0.4 is 0 Å². The van der Waals surface area contributed by atoms with Crippen molar-refractivity contribution in [1.82, 2.24) is 0 Å². The minimum absolute atomic E-state index is 0.0651. The van der Waals surface area contributed by atoms with E-state index in [1.165, 1.54) is 0 Å². The van der Waals surface area contributed by atoms with Crippen LogP contribution in [-0.2, 0) is 9.53 Å². The summed E-state index contributed by atoms with van der Waals surface area (Å²) in [4.78, 5) is 14.9. The number of ketones is 1. The van der Waals surface area contributed by atoms with Crippen molar-refractivity contribution < 1.29 is 14.3 Å². The Balaban J connectivity index is 2.36. The highest BCUT2D eigenvalue weighted by atomic mass is 16.5. The van der Waals surface area contributed by atoms with E-state index in [4.69, 9.17) is 10.3 Å². The molecule has 2 fully saturated rings. The summed E-state index contributed by atoms with van der Waals surface area (Å²) in [5, 5.41) is 0. The van der Waals surface area contributed by atoms with Crippen molar-refractivity contribution in [2.24, 2.45) is 17.3 Å². The number of hydrogen-bond donors (Lipinski definition) is 0. The van der Waals surface area contributed by atoms with Crippen LogP contribution in [0.1, 0.15) is 19.8 Å². The molecule has 16 heavy (non-hydrogen) atoms. The molecule has 0 aliphatic heterocycles. The number of allylic oxidation sites excluding steroid dienone is 1. The Morgan fingerprint density at radius 2 is 2.31 bits per heavy atom. The van der Waals surface area contributed by atoms with Gasteiger partial charge in [-0.25, -0.2) is 0 Å². The van der Waals surface area contributed by atoms with Gasteiger partial charge >= 0.3 is 6.21 Å². The van der Waals surface area contributed by atoms with Gasteiger partial charge in [0.25, 0.3) is 0 Å². The highest BCUT2D eigenvalue weighted by molar-refractivity contribution is 6.29. The standard InChI is InChI=1S/C12H16N2O2/c1-7(2)11-8-4-5-10(16-3)12(8,11)9(15)6-14-13/h6,8,10-11H,1,4-5H2,2-3H3/t8-,10-,11-,12-/m0/s1. The average molecular weight is 220 g/mol. The molecule has 2 rings (SSSR count). The van der Waals surface area contributed by atoms with Gasteiger partial charge < -0.3 is 10.3 Å². The topological polar surface area (TPSA) is 62.7 Å². The van der Waals surface area contributed by atoms with Crippen LogP contribution in [0.15, 0.2) is 12.2 Å². The van der Waals surface area contributed by atoms with Gasteiger partial charge in [-0.3, -0.25) is 4.79 Å². The van der Waals surface area contributed by atoms with Gasteiger partial charge in [-0.1, -0.05) is 12.2 Å². The molecule has 4 heteroatoms. The first-order valence-corrected chi connectivity index (χ1v) is 5.50. The molecular formula is C12H16N2O2. The monoisotopic (exact) mass is 220 g/mol. The summed E-state index contributed by atoms with van der Waals surface area (Å²) in [6, 6.07) is 0. The zero-order valence-corrected chi connectivity index (χ0v) is 9.64. The molecule has 0 aromatic rings. The van der Waals surface area contributed by atoms with Gasteiger partial charge in [0.1, 0.15) is 0 Å². The van der Waals surface area contributed by atoms with E-state index >= 15 is 0 Å². The Bertz CT molecular complexity index is 398. The lowest BCUT2D eigenvalue weighted by Crippen LogP contribution is -2.33. The average Bonchev–Trinajstić information content (AvgIpc) is 2.78. The largest absolute Gasteiger partial charge is 0.380 e. The van der Waals surface area contributed by atoms with Crippen molar-refractivity contribution >= 4 is 12.0 Å². The first-order valence-electron chi connectivity index (χ1n) is 5.50. The van der Waals surface area contributed by atoms with E-state index < -0.39 is 5.41 Å². The summed E-state index contributed by atoms with van der Waals surface area (Å²) < 4.78 is 5.41. The van der Waals surface area contributed by atoms with E-state index in [-0.39, 0.29) is 17.8 Å². The molecule has 86 valence electrons. The predicted molar refractivity (Wildman–Crippen MR) is 58.9 cm³/mol. The minimum Gasteiger partial charge on any atom is -0.380 e. The summed E-state index contributed by atoms with van der Waals surface area (Å²) in [5.41, 5.74) is 9.03. The van der Waals surface area contributed by atoms with E-state index in [0.717, 1.165) is 24.6 Å². The van der Waals surface area contributed by atoms with Crippen LogP contribution >= 0.6 is 0 Å². The van der Waals surface area contributed by atoms with Gasteiger partial charge in [0.15, 0.2) is 0 Å². The first kappa shape index (κ1) is 11.2. The fraction of sp³-hybridized carbons (Fsp3) is 0.667. The van der Waals surface area contributed by atoms with Crippen LogP contribution in [-0.4, -0.2) is 30.0 Å². The van der Waals surface area contributed by atoms with Crippen molar-refractivity contribution in [3.8, 4) is 0 Å². The van der Waals surface area contributed by atoms with Gasteiger partial charge in [-0.2, -0.15) is 4.79 Å². The lowest BCUT2D eigenvalue weighted by Gasteiger charge is -2.20. The highest BCUT2D eigenvalue weighted by Crippen LogP contribution is 2.71. The second-order valence-corrected chi connectivity index (χ2v) is 4.77. The zero-order valence-electron chi connectivity index (χ0n) is 9.64. The van der Waals surface area contributed by atoms with Gasteiger partial charge in [0.2, 0.25) is 5.78 Å². The molecule has 4 nitrogen and oxygen atoms in total. The molecule has 4 atom stereocenters. The van der Waals surface area contributed by atoms with Crippen LogP contribution in [0.25, 0.3) is 5.53 Å². The molecule has 2 aliphatic rings. The maximum absolute atomic E-state index is 12.1. The van der Waals surface area contributed by atoms with Gasteiger partial charge in [0, 0.05) is 7.11 Å². The van der Waals surface area contributed by atoms with Crippen molar-refractivity contribution in [3.63, 3.8) is 0 Å². The molecule has 0 radical (unpaired) electrons. The molecule has 0 heterocycles. The maximum Gasteiger partial charge on any atom is 0.323 e. The van der Waals surface area contributed by atoms with Crippen LogP contribution in [0.2, 0.25) is 0 Å². The quantitative estimate of drug-likeness (QED) is 0.312. The van der Waals surface area contributed by atoms with E-state index in [0.29, 0.717) is 5.92 Å². The second kappa shape index (κ2) is 3.65. The fourth-order valence-electron chi connectivity index (χ4n) is 3.62. The molecule has 0 aromatic carbocycles. The summed E-state index contributed by atoms with van der Waals surface area (Å²) in [5.74, 6) is 0.384. The van der Waals surface area contributed by atoms with E-state index in [1.807, 2.05) is 6.92 Å². The summed E-state index contributed by atoms with van der Waals surface area (Å²) in [7, 11) is 1.63. The van der Waals surface area contributed by atoms with Crippen molar-refractivity contribution in [3.05, 3.63) is 17.7 Å². The Labute approximate surface area is 94.9 Å². The first-order chi connectivity index (χ1) is 7.60. The SMILES string of the molecule is C=C(C)[C@H]1[C@@H]2CC[C@H](OC)[C@@]21C(=O)C=[N+]=[N-]. The Morgan fingerprint density at radius 1 is 1.62 bits per heavy atom. The van der Waals surface area contributed by atoms with Gasteiger partial charge in [0.05, 0.1) is 11.5 Å². The third-order valence-corrected chi connectivity index (χ3v) is 4.11. The number of carbonyl (C=O) groups is 1. The van der Waals surface area contributed by atoms with Crippen LogP contribution in [0, 0.1) is 17.3 Å². The van der Waals surface area contributed by atoms with E-state index in [2.05, 4.69) is 11.4 Å². The van der Waals surface area contributed by atoms with E-state index in [1.54, 1.807) is 7.11 Å². The second-order valence-electron chi connectivity index (χ2n) is 4.77. The molecule has 0 spiro atoms. The van der Waals surface area contributed by atoms with Gasteiger partial charge in [-0.05, 0) is 31.6 Å². The molecule has 0 N–H and O–H groups in total. The number of methoxy groups -OCH3 is 1. The summed E-state index contributed by atoms with van der Waals surface area (Å²) in [6.45, 7) is 5.89. The number of nitrogens with zero attached hydrogens (tertiary/aromatic N) is 2. The Hall–Kier alpha value is -1.25. The normalized spacial score (nSPS) is 39.8. The third kappa shape index (κ3) is 1.17. The molecule has 0 saturated heterocycles. The molecule has 2 aliphatic carbocycles. The van der Waals surface area contributed by atoms with E-state index in [9.17, 15) is 4.79 Å². The number of Topliss-reactive ketones (excluding diaryl/α,β-unsaturated/α-hetero) is 1. The zero-order chi connectivity index (χ0) is 11.9. The van der Waals surface area contributed by atoms with Crippen LogP contribution in [0.5, 0.6) is 0 Å². The third-order valence-electron chi connectivity index (χ3n) is 4.11. The van der Waals surface area contributed by atoms with Crippen molar-refractivity contribution in [2.45, 2.75) is 25.9 Å². The number of hydrogen-bond acceptors (Lipinski definition) is 2. The Morgan fingerprint density at radius 3 is 2.75 bits per heavy atom. The molecule has 0 amide bonds. The fourth-order valence-corrected chi connectivity index (χ4v) is 3.62. The van der Waals surface area contributed by atoms with Gasteiger partial charge in [-0.15, -0.1) is 0 Å². The number of fused-ring (bicyclic) bond motifs is 1. The minimum atomic E-state index is -0.493. The summed E-state index contributed by atoms with van der Waals surface area (Å²) in [6.07, 6.45) is 2.83. The molecular weight excluding hydrogens is 204 g/mol. The van der Waals surface area contributed by atoms with Crippen LogP contribution in [0.4, 0.5) is 0 Å². The molecule has 0 bridgehead atoms. The Kier molecular flexibility index (Phi) is 2.56. The summed E-state index contributed by atoms with van der Waals surface area (Å²) >= 11 is 0. The smallest absolute Gasteiger partial charge is 0.323 e. The molecule has 2 saturated carbocycles. The number of ether oxygens (including phenoxy) is 1. The lowest BCUT2D eigenvalue weighted by molar-refractivity contribution is -0.126. The molecule has 0 unspecified atom stereocenters. The lowest BCUT2D eigenvalue weighted by atomic mass is 9.89.